The average molecular weight is 528 g/mol. The third-order valence-electron chi connectivity index (χ3n) is 5.73. The Labute approximate surface area is 205 Å². The maximum atomic E-state index is 12.3. The maximum absolute atomic E-state index is 12.3. The summed E-state index contributed by atoms with van der Waals surface area (Å²) < 4.78 is 6.95. The van der Waals surface area contributed by atoms with Crippen LogP contribution in [0.25, 0.3) is 15.7 Å². The van der Waals surface area contributed by atoms with E-state index in [4.69, 9.17) is 11.3 Å². The fraction of sp³-hybridized carbons (Fsp3) is 0.455. The average Bonchev–Trinajstić information content (AvgIpc) is 3.17. The van der Waals surface area contributed by atoms with Gasteiger partial charge in [0.1, 0.15) is 5.82 Å². The van der Waals surface area contributed by atoms with Gasteiger partial charge in [-0.2, -0.15) is 10.1 Å². The van der Waals surface area contributed by atoms with E-state index >= 15 is 0 Å². The zero-order valence-electron chi connectivity index (χ0n) is 19.2. The number of carbonyl (C=O) groups is 1. The third kappa shape index (κ3) is 4.89. The molecule has 2 atom stereocenters. The highest BCUT2D eigenvalue weighted by molar-refractivity contribution is 9.10. The van der Waals surface area contributed by atoms with Gasteiger partial charge in [0.2, 0.25) is 17.7 Å². The number of fused-ring (bicyclic) bond motifs is 1. The number of piperidine rings is 1. The highest BCUT2D eigenvalue weighted by Gasteiger charge is 2.24. The number of aromatic nitrogens is 5. The number of carbonyl (C=O) groups excluding carboxylic acids is 1. The van der Waals surface area contributed by atoms with Gasteiger partial charge in [-0.15, -0.1) is 0 Å². The van der Waals surface area contributed by atoms with Gasteiger partial charge < -0.3 is 20.3 Å². The Bertz CT molecular complexity index is 1240. The molecule has 0 saturated carbocycles. The SMILES string of the molecule is [C-]#[N+]c1cnc(N[C@@H]2CCCN(c3cc4c(cn3)c(NC(=O)C(Br)CC)nn4C)C2)nc1OC. The molecule has 2 N–H and O–H groups in total. The summed E-state index contributed by atoms with van der Waals surface area (Å²) in [5, 5.41) is 11.5. The molecule has 3 aromatic rings. The molecule has 12 heteroatoms. The molecule has 1 saturated heterocycles. The molecular weight excluding hydrogens is 502 g/mol. The van der Waals surface area contributed by atoms with Crippen molar-refractivity contribution in [2.24, 2.45) is 7.05 Å². The number of hydrogen-bond acceptors (Lipinski definition) is 8. The van der Waals surface area contributed by atoms with Crippen LogP contribution >= 0.6 is 15.9 Å². The fourth-order valence-electron chi connectivity index (χ4n) is 3.93. The van der Waals surface area contributed by atoms with Crippen molar-refractivity contribution >= 4 is 56.0 Å². The number of methoxy groups -OCH3 is 1. The largest absolute Gasteiger partial charge is 0.490 e. The van der Waals surface area contributed by atoms with Crippen molar-refractivity contribution in [1.29, 1.82) is 0 Å². The van der Waals surface area contributed by atoms with E-state index in [0.29, 0.717) is 18.2 Å². The Balaban J connectivity index is 1.50. The first-order valence-electron chi connectivity index (χ1n) is 11.0. The molecule has 0 spiro atoms. The summed E-state index contributed by atoms with van der Waals surface area (Å²) in [4.78, 5) is 30.8. The molecule has 0 bridgehead atoms. The van der Waals surface area contributed by atoms with Gasteiger partial charge in [-0.3, -0.25) is 9.48 Å². The summed E-state index contributed by atoms with van der Waals surface area (Å²) in [6.45, 7) is 10.7. The van der Waals surface area contributed by atoms with Gasteiger partial charge in [-0.1, -0.05) is 22.9 Å². The predicted octanol–water partition coefficient (Wildman–Crippen LogP) is 3.51. The lowest BCUT2D eigenvalue weighted by Gasteiger charge is -2.34. The van der Waals surface area contributed by atoms with Crippen LogP contribution in [0.3, 0.4) is 0 Å². The van der Waals surface area contributed by atoms with Gasteiger partial charge in [0, 0.05) is 44.6 Å². The van der Waals surface area contributed by atoms with Crippen LogP contribution in [0.15, 0.2) is 18.5 Å². The third-order valence-corrected chi connectivity index (χ3v) is 6.80. The lowest BCUT2D eigenvalue weighted by molar-refractivity contribution is -0.115. The molecular formula is C22H26BrN9O2. The number of ether oxygens (including phenoxy) is 1. The zero-order valence-corrected chi connectivity index (χ0v) is 20.8. The van der Waals surface area contributed by atoms with Gasteiger partial charge in [0.25, 0.3) is 5.69 Å². The Hall–Kier alpha value is -3.46. The quantitative estimate of drug-likeness (QED) is 0.354. The van der Waals surface area contributed by atoms with E-state index < -0.39 is 0 Å². The van der Waals surface area contributed by atoms with Gasteiger partial charge in [-0.25, -0.2) is 14.8 Å². The number of amides is 1. The van der Waals surface area contributed by atoms with Crippen molar-refractivity contribution in [3.8, 4) is 5.88 Å². The molecule has 34 heavy (non-hydrogen) atoms. The number of hydrogen-bond donors (Lipinski definition) is 2. The molecule has 0 radical (unpaired) electrons. The highest BCUT2D eigenvalue weighted by Crippen LogP contribution is 2.28. The van der Waals surface area contributed by atoms with E-state index in [9.17, 15) is 4.79 Å². The second-order valence-electron chi connectivity index (χ2n) is 8.03. The molecule has 4 heterocycles. The number of pyridine rings is 1. The van der Waals surface area contributed by atoms with E-state index in [0.717, 1.165) is 42.7 Å². The first-order valence-corrected chi connectivity index (χ1v) is 11.9. The maximum Gasteiger partial charge on any atom is 0.264 e. The normalized spacial score (nSPS) is 16.7. The topological polar surface area (TPSA) is 114 Å². The molecule has 0 aromatic carbocycles. The summed E-state index contributed by atoms with van der Waals surface area (Å²) in [5.74, 6) is 1.92. The number of aryl methyl sites for hydroxylation is 1. The van der Waals surface area contributed by atoms with E-state index in [1.807, 2.05) is 20.0 Å². The molecule has 1 aliphatic heterocycles. The van der Waals surface area contributed by atoms with Crippen molar-refractivity contribution in [3.05, 3.63) is 29.9 Å². The first-order chi connectivity index (χ1) is 16.4. The number of halogens is 1. The van der Waals surface area contributed by atoms with Crippen LogP contribution < -0.4 is 20.3 Å². The van der Waals surface area contributed by atoms with E-state index in [-0.39, 0.29) is 28.3 Å². The second kappa shape index (κ2) is 10.2. The van der Waals surface area contributed by atoms with Crippen LogP contribution in [-0.4, -0.2) is 61.7 Å². The van der Waals surface area contributed by atoms with Crippen molar-refractivity contribution in [2.75, 3.05) is 35.7 Å². The smallest absolute Gasteiger partial charge is 0.264 e. The summed E-state index contributed by atoms with van der Waals surface area (Å²) in [7, 11) is 3.34. The van der Waals surface area contributed by atoms with Crippen LogP contribution in [-0.2, 0) is 11.8 Å². The summed E-state index contributed by atoms with van der Waals surface area (Å²) in [5.41, 5.74) is 1.17. The summed E-state index contributed by atoms with van der Waals surface area (Å²) in [6.07, 6.45) is 5.85. The Morgan fingerprint density at radius 3 is 2.97 bits per heavy atom. The van der Waals surface area contributed by atoms with E-state index in [2.05, 4.69) is 56.4 Å². The minimum absolute atomic E-state index is 0.112. The Kier molecular flexibility index (Phi) is 7.12. The Morgan fingerprint density at radius 1 is 1.41 bits per heavy atom. The standard InChI is InChI=1S/C22H26BrN9O2/c1-5-15(23)20(33)28-19-14-10-25-18(9-17(14)31(3)30-19)32-8-6-7-13(12-32)27-22-26-11-16(24-2)21(29-22)34-4/h9-11,13,15H,5-8,12H2,1,3-4H3,(H,26,27,29)(H,28,30,33)/t13-,15?/m1/s1. The molecule has 1 amide bonds. The van der Waals surface area contributed by atoms with Gasteiger partial charge in [0.05, 0.1) is 29.4 Å². The molecule has 1 unspecified atom stereocenters. The summed E-state index contributed by atoms with van der Waals surface area (Å²) in [6, 6.07) is 2.11. The van der Waals surface area contributed by atoms with Crippen molar-refractivity contribution < 1.29 is 9.53 Å². The lowest BCUT2D eigenvalue weighted by Crippen LogP contribution is -2.42. The van der Waals surface area contributed by atoms with Crippen LogP contribution in [0.4, 0.5) is 23.3 Å². The number of alkyl halides is 1. The monoisotopic (exact) mass is 527 g/mol. The van der Waals surface area contributed by atoms with E-state index in [1.54, 1.807) is 10.9 Å². The van der Waals surface area contributed by atoms with E-state index in [1.165, 1.54) is 13.3 Å². The molecule has 11 nitrogen and oxygen atoms in total. The van der Waals surface area contributed by atoms with Crippen molar-refractivity contribution in [2.45, 2.75) is 37.1 Å². The van der Waals surface area contributed by atoms with Gasteiger partial charge in [0.15, 0.2) is 5.82 Å². The lowest BCUT2D eigenvalue weighted by atomic mass is 10.1. The van der Waals surface area contributed by atoms with Crippen LogP contribution in [0, 0.1) is 6.57 Å². The number of nitrogens with one attached hydrogen (secondary N) is 2. The van der Waals surface area contributed by atoms with Crippen molar-refractivity contribution in [3.63, 3.8) is 0 Å². The first kappa shape index (κ1) is 23.7. The molecule has 4 rings (SSSR count). The fourth-order valence-corrected chi connectivity index (χ4v) is 4.04. The molecule has 178 valence electrons. The molecule has 1 aliphatic rings. The number of nitrogens with zero attached hydrogens (tertiary/aromatic N) is 7. The highest BCUT2D eigenvalue weighted by atomic mass is 79.9. The van der Waals surface area contributed by atoms with Crippen molar-refractivity contribution in [1.82, 2.24) is 24.7 Å². The van der Waals surface area contributed by atoms with Gasteiger partial charge in [-0.05, 0) is 19.3 Å². The Morgan fingerprint density at radius 2 is 2.24 bits per heavy atom. The van der Waals surface area contributed by atoms with Gasteiger partial charge >= 0.3 is 0 Å². The predicted molar refractivity (Wildman–Crippen MR) is 134 cm³/mol. The summed E-state index contributed by atoms with van der Waals surface area (Å²) >= 11 is 3.37. The minimum Gasteiger partial charge on any atom is -0.490 e. The molecule has 3 aromatic heterocycles. The minimum atomic E-state index is -0.268. The molecule has 0 aliphatic carbocycles. The number of rotatable bonds is 7. The van der Waals surface area contributed by atoms with Crippen LogP contribution in [0.2, 0.25) is 0 Å². The van der Waals surface area contributed by atoms with Crippen LogP contribution in [0.5, 0.6) is 5.88 Å². The molecule has 1 fully saturated rings. The van der Waals surface area contributed by atoms with Crippen LogP contribution in [0.1, 0.15) is 26.2 Å². The zero-order chi connectivity index (χ0) is 24.2. The second-order valence-corrected chi connectivity index (χ2v) is 9.13. The number of anilines is 3.